The van der Waals surface area contributed by atoms with Gasteiger partial charge in [0.25, 0.3) is 0 Å². The molecule has 2 N–H and O–H groups in total. The van der Waals surface area contributed by atoms with Crippen molar-refractivity contribution >= 4 is 21.6 Å². The molecule has 0 saturated heterocycles. The zero-order valence-electron chi connectivity index (χ0n) is 9.66. The summed E-state index contributed by atoms with van der Waals surface area (Å²) in [5.74, 6) is 0. The molecule has 0 radical (unpaired) electrons. The van der Waals surface area contributed by atoms with Gasteiger partial charge in [0.1, 0.15) is 0 Å². The molecule has 90 valence electrons. The molecule has 0 aliphatic rings. The van der Waals surface area contributed by atoms with Gasteiger partial charge in [-0.15, -0.1) is 0 Å². The molecule has 0 amide bonds. The van der Waals surface area contributed by atoms with Crippen LogP contribution in [0.5, 0.6) is 0 Å². The van der Waals surface area contributed by atoms with Gasteiger partial charge in [-0.2, -0.15) is 0 Å². The van der Waals surface area contributed by atoms with E-state index in [0.29, 0.717) is 19.8 Å². The second-order valence-electron chi connectivity index (χ2n) is 3.66. The maximum absolute atomic E-state index is 9.57. The van der Waals surface area contributed by atoms with Gasteiger partial charge in [0.2, 0.25) is 0 Å². The van der Waals surface area contributed by atoms with E-state index in [1.54, 1.807) is 0 Å². The molecule has 0 heterocycles. The fraction of sp³-hybridized carbons (Fsp3) is 0.500. The molecular weight excluding hydrogens is 270 g/mol. The molecule has 4 heteroatoms. The predicted octanol–water partition coefficient (Wildman–Crippen LogP) is 2.57. The fourth-order valence-electron chi connectivity index (χ4n) is 1.25. The van der Waals surface area contributed by atoms with Crippen LogP contribution < -0.4 is 5.32 Å². The molecule has 1 aromatic carbocycles. The smallest absolute Gasteiger partial charge is 0.0945 e. The van der Waals surface area contributed by atoms with Gasteiger partial charge < -0.3 is 15.2 Å². The van der Waals surface area contributed by atoms with Crippen LogP contribution in [0.4, 0.5) is 5.69 Å². The van der Waals surface area contributed by atoms with E-state index < -0.39 is 6.10 Å². The molecule has 0 fully saturated rings. The lowest BCUT2D eigenvalue weighted by atomic mass is 10.2. The number of halogens is 1. The highest BCUT2D eigenvalue weighted by molar-refractivity contribution is 9.10. The van der Waals surface area contributed by atoms with Crippen molar-refractivity contribution in [1.82, 2.24) is 0 Å². The zero-order chi connectivity index (χ0) is 12.0. The summed E-state index contributed by atoms with van der Waals surface area (Å²) in [5, 5.41) is 12.7. The Morgan fingerprint density at radius 2 is 2.25 bits per heavy atom. The molecule has 0 bridgehead atoms. The lowest BCUT2D eigenvalue weighted by Gasteiger charge is -2.13. The number of benzene rings is 1. The molecule has 0 spiro atoms. The van der Waals surface area contributed by atoms with Crippen molar-refractivity contribution in [2.45, 2.75) is 20.0 Å². The van der Waals surface area contributed by atoms with E-state index in [9.17, 15) is 5.11 Å². The van der Waals surface area contributed by atoms with Gasteiger partial charge in [0, 0.05) is 23.3 Å². The first-order chi connectivity index (χ1) is 7.63. The third-order valence-electron chi connectivity index (χ3n) is 2.23. The number of nitrogens with one attached hydrogen (secondary N) is 1. The quantitative estimate of drug-likeness (QED) is 0.845. The molecule has 0 aliphatic carbocycles. The standard InChI is InChI=1S/C12H18BrNO2/c1-3-16-8-11(15)7-14-10-5-4-9(2)12(13)6-10/h4-6,11,14-15H,3,7-8H2,1-2H3. The second-order valence-corrected chi connectivity index (χ2v) is 4.51. The number of hydrogen-bond donors (Lipinski definition) is 2. The van der Waals surface area contributed by atoms with Crippen LogP contribution in [0.15, 0.2) is 22.7 Å². The van der Waals surface area contributed by atoms with Crippen molar-refractivity contribution in [3.8, 4) is 0 Å². The average molecular weight is 288 g/mol. The molecule has 16 heavy (non-hydrogen) atoms. The van der Waals surface area contributed by atoms with E-state index in [0.717, 1.165) is 10.2 Å². The Kier molecular flexibility index (Phi) is 5.80. The minimum absolute atomic E-state index is 0.372. The maximum atomic E-state index is 9.57. The van der Waals surface area contributed by atoms with Crippen LogP contribution in [0.25, 0.3) is 0 Å². The van der Waals surface area contributed by atoms with E-state index in [-0.39, 0.29) is 0 Å². The SMILES string of the molecule is CCOCC(O)CNc1ccc(C)c(Br)c1. The Balaban J connectivity index is 2.39. The predicted molar refractivity (Wildman–Crippen MR) is 69.9 cm³/mol. The number of aliphatic hydroxyl groups is 1. The first-order valence-electron chi connectivity index (χ1n) is 5.39. The van der Waals surface area contributed by atoms with E-state index in [2.05, 4.69) is 21.2 Å². The third kappa shape index (κ3) is 4.51. The number of rotatable bonds is 6. The Labute approximate surface area is 105 Å². The van der Waals surface area contributed by atoms with Crippen LogP contribution in [0.2, 0.25) is 0 Å². The van der Waals surface area contributed by atoms with E-state index in [1.807, 2.05) is 32.0 Å². The van der Waals surface area contributed by atoms with Crippen molar-refractivity contribution in [3.05, 3.63) is 28.2 Å². The summed E-state index contributed by atoms with van der Waals surface area (Å²) >= 11 is 3.47. The highest BCUT2D eigenvalue weighted by atomic mass is 79.9. The van der Waals surface area contributed by atoms with Crippen LogP contribution in [0, 0.1) is 6.92 Å². The van der Waals surface area contributed by atoms with Gasteiger partial charge >= 0.3 is 0 Å². The summed E-state index contributed by atoms with van der Waals surface area (Å²) < 4.78 is 6.19. The topological polar surface area (TPSA) is 41.5 Å². The lowest BCUT2D eigenvalue weighted by molar-refractivity contribution is 0.0496. The largest absolute Gasteiger partial charge is 0.389 e. The molecule has 1 atom stereocenters. The maximum Gasteiger partial charge on any atom is 0.0945 e. The van der Waals surface area contributed by atoms with Gasteiger partial charge in [0.05, 0.1) is 12.7 Å². The van der Waals surface area contributed by atoms with Gasteiger partial charge in [0.15, 0.2) is 0 Å². The molecule has 0 saturated carbocycles. The first kappa shape index (κ1) is 13.5. The van der Waals surface area contributed by atoms with Gasteiger partial charge in [-0.3, -0.25) is 0 Å². The Hall–Kier alpha value is -0.580. The summed E-state index contributed by atoms with van der Waals surface area (Å²) in [7, 11) is 0. The van der Waals surface area contributed by atoms with E-state index >= 15 is 0 Å². The monoisotopic (exact) mass is 287 g/mol. The number of aliphatic hydroxyl groups excluding tert-OH is 1. The Bertz CT molecular complexity index is 331. The highest BCUT2D eigenvalue weighted by Gasteiger charge is 2.04. The van der Waals surface area contributed by atoms with Crippen molar-refractivity contribution < 1.29 is 9.84 Å². The van der Waals surface area contributed by atoms with Gasteiger partial charge in [-0.05, 0) is 31.5 Å². The molecule has 3 nitrogen and oxygen atoms in total. The first-order valence-corrected chi connectivity index (χ1v) is 6.18. The number of anilines is 1. The van der Waals surface area contributed by atoms with Crippen molar-refractivity contribution in [2.24, 2.45) is 0 Å². The molecule has 0 aliphatic heterocycles. The van der Waals surface area contributed by atoms with Gasteiger partial charge in [-0.1, -0.05) is 22.0 Å². The lowest BCUT2D eigenvalue weighted by Crippen LogP contribution is -2.24. The second kappa shape index (κ2) is 6.89. The van der Waals surface area contributed by atoms with Crippen LogP contribution in [-0.4, -0.2) is 31.0 Å². The van der Waals surface area contributed by atoms with Crippen LogP contribution in [-0.2, 0) is 4.74 Å². The molecule has 1 rings (SSSR count). The Morgan fingerprint density at radius 3 is 2.88 bits per heavy atom. The van der Waals surface area contributed by atoms with Crippen molar-refractivity contribution in [1.29, 1.82) is 0 Å². The number of hydrogen-bond acceptors (Lipinski definition) is 3. The summed E-state index contributed by atoms with van der Waals surface area (Å²) in [6, 6.07) is 6.03. The summed E-state index contributed by atoms with van der Waals surface area (Å²) in [4.78, 5) is 0. The molecule has 0 aromatic heterocycles. The van der Waals surface area contributed by atoms with Crippen LogP contribution in [0.3, 0.4) is 0 Å². The molecular formula is C12H18BrNO2. The van der Waals surface area contributed by atoms with Crippen molar-refractivity contribution in [3.63, 3.8) is 0 Å². The number of ether oxygens (including phenoxy) is 1. The third-order valence-corrected chi connectivity index (χ3v) is 3.08. The molecule has 1 unspecified atom stereocenters. The minimum atomic E-state index is -0.472. The summed E-state index contributed by atoms with van der Waals surface area (Å²) in [6.07, 6.45) is -0.472. The van der Waals surface area contributed by atoms with E-state index in [1.165, 1.54) is 5.56 Å². The fourth-order valence-corrected chi connectivity index (χ4v) is 1.63. The highest BCUT2D eigenvalue weighted by Crippen LogP contribution is 2.20. The molecule has 1 aromatic rings. The number of aryl methyl sites for hydroxylation is 1. The Morgan fingerprint density at radius 1 is 1.50 bits per heavy atom. The normalized spacial score (nSPS) is 12.5. The average Bonchev–Trinajstić information content (AvgIpc) is 2.28. The van der Waals surface area contributed by atoms with E-state index in [4.69, 9.17) is 4.74 Å². The zero-order valence-corrected chi connectivity index (χ0v) is 11.3. The minimum Gasteiger partial charge on any atom is -0.389 e. The summed E-state index contributed by atoms with van der Waals surface area (Å²) in [5.41, 5.74) is 2.19. The van der Waals surface area contributed by atoms with Gasteiger partial charge in [-0.25, -0.2) is 0 Å². The van der Waals surface area contributed by atoms with Crippen molar-refractivity contribution in [2.75, 3.05) is 25.1 Å². The summed E-state index contributed by atoms with van der Waals surface area (Å²) in [6.45, 7) is 5.45. The van der Waals surface area contributed by atoms with Crippen LogP contribution in [0.1, 0.15) is 12.5 Å². The van der Waals surface area contributed by atoms with Crippen LogP contribution >= 0.6 is 15.9 Å².